The summed E-state index contributed by atoms with van der Waals surface area (Å²) in [4.78, 5) is 26.2. The van der Waals surface area contributed by atoms with Gasteiger partial charge in [0.1, 0.15) is 95.5 Å². The maximum absolute atomic E-state index is 13.5. The maximum atomic E-state index is 13.5. The third-order valence-electron chi connectivity index (χ3n) is 9.54. The highest BCUT2D eigenvalue weighted by molar-refractivity contribution is 5.89. The fraction of sp³-hybridized carbons (Fsp3) is 0.368. The average molecular weight is 801 g/mol. The predicted molar refractivity (Wildman–Crippen MR) is 192 cm³/mol. The Kier molecular flexibility index (Phi) is 12.2. The molecule has 2 fully saturated rings. The number of esters is 1. The molecule has 19 heteroatoms. The first-order valence-corrected chi connectivity index (χ1v) is 17.3. The van der Waals surface area contributed by atoms with Gasteiger partial charge < -0.3 is 83.9 Å². The molecule has 0 spiro atoms. The Hall–Kier alpha value is -5.48. The first-order valence-electron chi connectivity index (χ1n) is 17.3. The van der Waals surface area contributed by atoms with Gasteiger partial charge in [-0.15, -0.1) is 0 Å². The molecular formula is C38H40O19. The van der Waals surface area contributed by atoms with Crippen LogP contribution in [0, 0.1) is 0 Å². The van der Waals surface area contributed by atoms with Crippen molar-refractivity contribution in [1.29, 1.82) is 0 Å². The molecule has 10 atom stereocenters. The van der Waals surface area contributed by atoms with Gasteiger partial charge in [0.25, 0.3) is 0 Å². The van der Waals surface area contributed by atoms with Crippen LogP contribution in [0.5, 0.6) is 34.5 Å². The molecule has 2 aliphatic heterocycles. The SMILES string of the molecule is COc1cc(C=CC(=O)OCC2OC(Oc3cc4oc(-c5ccc(O)cc5)cc(=O)c4c(O)c3C3OC(CO)C(O)C(O)C3O)C(O)C(O)C2O)cc(OC)c1O. The van der Waals surface area contributed by atoms with E-state index in [1.54, 1.807) is 0 Å². The largest absolute Gasteiger partial charge is 0.508 e. The highest BCUT2D eigenvalue weighted by Gasteiger charge is 2.49. The van der Waals surface area contributed by atoms with Gasteiger partial charge in [-0.3, -0.25) is 4.79 Å². The van der Waals surface area contributed by atoms with Crippen LogP contribution in [0.25, 0.3) is 28.4 Å². The number of hydrogen-bond acceptors (Lipinski definition) is 19. The smallest absolute Gasteiger partial charge is 0.330 e. The number of hydrogen-bond donors (Lipinski definition) is 10. The minimum absolute atomic E-state index is 0.0226. The molecular weight excluding hydrogens is 760 g/mol. The summed E-state index contributed by atoms with van der Waals surface area (Å²) in [6.45, 7) is -1.56. The summed E-state index contributed by atoms with van der Waals surface area (Å²) in [6.07, 6.45) is -16.1. The number of aliphatic hydroxyl groups is 7. The Bertz CT molecular complexity index is 2140. The molecule has 0 saturated carbocycles. The molecule has 4 aromatic rings. The van der Waals surface area contributed by atoms with Gasteiger partial charge in [-0.05, 0) is 48.0 Å². The zero-order chi connectivity index (χ0) is 41.3. The number of phenolic OH excluding ortho intramolecular Hbond substituents is 3. The monoisotopic (exact) mass is 800 g/mol. The van der Waals surface area contributed by atoms with Crippen LogP contribution < -0.4 is 19.6 Å². The first kappa shape index (κ1) is 41.2. The van der Waals surface area contributed by atoms with E-state index in [2.05, 4.69) is 0 Å². The lowest BCUT2D eigenvalue weighted by Crippen LogP contribution is -2.60. The number of fused-ring (bicyclic) bond motifs is 1. The Morgan fingerprint density at radius 1 is 0.754 bits per heavy atom. The molecule has 19 nitrogen and oxygen atoms in total. The van der Waals surface area contributed by atoms with Gasteiger partial charge in [-0.2, -0.15) is 0 Å². The lowest BCUT2D eigenvalue weighted by atomic mass is 9.89. The molecule has 10 unspecified atom stereocenters. The van der Waals surface area contributed by atoms with Crippen molar-refractivity contribution in [2.24, 2.45) is 0 Å². The predicted octanol–water partition coefficient (Wildman–Crippen LogP) is -0.448. The fourth-order valence-electron chi connectivity index (χ4n) is 6.44. The molecule has 3 aromatic carbocycles. The van der Waals surface area contributed by atoms with Crippen molar-refractivity contribution in [1.82, 2.24) is 0 Å². The number of aromatic hydroxyl groups is 3. The Morgan fingerprint density at radius 3 is 2.02 bits per heavy atom. The van der Waals surface area contributed by atoms with Crippen LogP contribution in [-0.2, 0) is 19.0 Å². The molecule has 1 aromatic heterocycles. The summed E-state index contributed by atoms with van der Waals surface area (Å²) in [5, 5.41) is 105. The van der Waals surface area contributed by atoms with Crippen LogP contribution in [0.1, 0.15) is 17.2 Å². The first-order chi connectivity index (χ1) is 27.2. The molecule has 2 saturated heterocycles. The van der Waals surface area contributed by atoms with E-state index in [-0.39, 0.29) is 34.3 Å². The van der Waals surface area contributed by atoms with Crippen molar-refractivity contribution in [2.45, 2.75) is 61.2 Å². The maximum Gasteiger partial charge on any atom is 0.330 e. The Labute approximate surface area is 321 Å². The van der Waals surface area contributed by atoms with Crippen LogP contribution in [0.4, 0.5) is 0 Å². The normalized spacial score (nSPS) is 27.7. The van der Waals surface area contributed by atoms with Crippen LogP contribution in [-0.4, -0.2) is 140 Å². The second kappa shape index (κ2) is 16.9. The van der Waals surface area contributed by atoms with Gasteiger partial charge in [-0.25, -0.2) is 4.79 Å². The molecule has 3 heterocycles. The van der Waals surface area contributed by atoms with Crippen LogP contribution >= 0.6 is 0 Å². The van der Waals surface area contributed by atoms with Crippen molar-refractivity contribution >= 4 is 23.0 Å². The Balaban J connectivity index is 1.32. The second-order valence-electron chi connectivity index (χ2n) is 13.2. The van der Waals surface area contributed by atoms with Gasteiger partial charge in [0, 0.05) is 23.8 Å². The minimum atomic E-state index is -2.03. The molecule has 2 aliphatic rings. The number of benzene rings is 3. The van der Waals surface area contributed by atoms with E-state index in [0.717, 1.165) is 18.2 Å². The summed E-state index contributed by atoms with van der Waals surface area (Å²) < 4.78 is 38.7. The van der Waals surface area contributed by atoms with E-state index in [4.69, 9.17) is 32.8 Å². The topological polar surface area (TPSA) is 305 Å². The number of methoxy groups -OCH3 is 2. The molecule has 57 heavy (non-hydrogen) atoms. The number of ether oxygens (including phenoxy) is 6. The lowest BCUT2D eigenvalue weighted by Gasteiger charge is -2.42. The van der Waals surface area contributed by atoms with E-state index < -0.39 is 108 Å². The van der Waals surface area contributed by atoms with Crippen LogP contribution in [0.3, 0.4) is 0 Å². The molecule has 0 bridgehead atoms. The van der Waals surface area contributed by atoms with Gasteiger partial charge >= 0.3 is 5.97 Å². The van der Waals surface area contributed by atoms with Crippen molar-refractivity contribution in [3.8, 4) is 45.8 Å². The molecule has 6 rings (SSSR count). The molecule has 0 amide bonds. The highest BCUT2D eigenvalue weighted by atomic mass is 16.7. The molecule has 306 valence electrons. The van der Waals surface area contributed by atoms with E-state index in [1.165, 1.54) is 56.7 Å². The number of phenols is 3. The molecule has 0 aliphatic carbocycles. The van der Waals surface area contributed by atoms with Gasteiger partial charge in [0.05, 0.1) is 26.4 Å². The zero-order valence-electron chi connectivity index (χ0n) is 30.1. The van der Waals surface area contributed by atoms with Crippen molar-refractivity contribution in [3.05, 3.63) is 76.0 Å². The second-order valence-corrected chi connectivity index (χ2v) is 13.2. The van der Waals surface area contributed by atoms with Gasteiger partial charge in [-0.1, -0.05) is 0 Å². The van der Waals surface area contributed by atoms with Crippen molar-refractivity contribution < 1.29 is 88.7 Å². The average Bonchev–Trinajstić information content (AvgIpc) is 3.19. The Morgan fingerprint density at radius 2 is 1.39 bits per heavy atom. The quantitative estimate of drug-likeness (QED) is 0.0679. The summed E-state index contributed by atoms with van der Waals surface area (Å²) in [5.41, 5.74) is -0.945. The van der Waals surface area contributed by atoms with E-state index in [0.29, 0.717) is 11.1 Å². The van der Waals surface area contributed by atoms with E-state index in [1.807, 2.05) is 0 Å². The van der Waals surface area contributed by atoms with E-state index in [9.17, 15) is 60.7 Å². The molecule has 0 radical (unpaired) electrons. The van der Waals surface area contributed by atoms with Gasteiger partial charge in [0.2, 0.25) is 12.0 Å². The number of rotatable bonds is 11. The summed E-state index contributed by atoms with van der Waals surface area (Å²) in [6, 6.07) is 10.5. The van der Waals surface area contributed by atoms with Crippen LogP contribution in [0.15, 0.2) is 63.8 Å². The zero-order valence-corrected chi connectivity index (χ0v) is 30.1. The minimum Gasteiger partial charge on any atom is -0.508 e. The third kappa shape index (κ3) is 8.19. The van der Waals surface area contributed by atoms with Gasteiger partial charge in [0.15, 0.2) is 16.9 Å². The number of aliphatic hydroxyl groups excluding tert-OH is 7. The standard InChI is InChI=1S/C38H40O19/c1-51-22-9-15(10-23(52-2)29(22)43)3-8-26(42)53-14-25-31(45)34(48)36(50)38(57-25)56-21-12-20-27(18(41)11-19(54-20)16-4-6-17(40)7-5-16)32(46)28(21)37-35(49)33(47)30(44)24(13-39)55-37/h3-12,24-25,30-31,33-40,43-50H,13-14H2,1-2H3. The van der Waals surface area contributed by atoms with Crippen molar-refractivity contribution in [2.75, 3.05) is 27.4 Å². The highest BCUT2D eigenvalue weighted by Crippen LogP contribution is 2.46. The summed E-state index contributed by atoms with van der Waals surface area (Å²) >= 11 is 0. The summed E-state index contributed by atoms with van der Waals surface area (Å²) in [7, 11) is 2.64. The van der Waals surface area contributed by atoms with Crippen LogP contribution in [0.2, 0.25) is 0 Å². The third-order valence-corrected chi connectivity index (χ3v) is 9.54. The van der Waals surface area contributed by atoms with Crippen molar-refractivity contribution in [3.63, 3.8) is 0 Å². The number of carbonyl (C=O) groups is 1. The molecule has 10 N–H and O–H groups in total. The lowest BCUT2D eigenvalue weighted by molar-refractivity contribution is -0.279. The fourth-order valence-corrected chi connectivity index (χ4v) is 6.44. The van der Waals surface area contributed by atoms with E-state index >= 15 is 0 Å². The number of carbonyl (C=O) groups excluding carboxylic acids is 1. The summed E-state index contributed by atoms with van der Waals surface area (Å²) in [5.74, 6) is -2.60.